The lowest BCUT2D eigenvalue weighted by molar-refractivity contribution is -0.0153. The summed E-state index contributed by atoms with van der Waals surface area (Å²) in [7, 11) is 3.37. The van der Waals surface area contributed by atoms with Crippen molar-refractivity contribution in [3.63, 3.8) is 0 Å². The van der Waals surface area contributed by atoms with Crippen LogP contribution < -0.4 is 0 Å². The number of methoxy groups -OCH3 is 1. The molecule has 6 heteroatoms. The summed E-state index contributed by atoms with van der Waals surface area (Å²) in [6.07, 6.45) is 1.37. The molecule has 84 valence electrons. The van der Waals surface area contributed by atoms with Gasteiger partial charge >= 0.3 is 0 Å². The van der Waals surface area contributed by atoms with Crippen LogP contribution in [0.25, 0.3) is 0 Å². The van der Waals surface area contributed by atoms with Crippen molar-refractivity contribution >= 4 is 19.7 Å². The number of hydrogen-bond donors (Lipinski definition) is 0. The van der Waals surface area contributed by atoms with Crippen molar-refractivity contribution < 1.29 is 17.9 Å². The van der Waals surface area contributed by atoms with E-state index in [1.807, 2.05) is 0 Å². The third-order valence-corrected chi connectivity index (χ3v) is 3.77. The quantitative estimate of drug-likeness (QED) is 0.691. The number of ether oxygens (including phenoxy) is 2. The molecule has 0 N–H and O–H groups in total. The van der Waals surface area contributed by atoms with Gasteiger partial charge in [0.25, 0.3) is 0 Å². The molecule has 0 amide bonds. The van der Waals surface area contributed by atoms with Crippen molar-refractivity contribution in [3.8, 4) is 0 Å². The first-order valence-corrected chi connectivity index (χ1v) is 6.94. The summed E-state index contributed by atoms with van der Waals surface area (Å²) in [6, 6.07) is 0. The predicted octanol–water partition coefficient (Wildman–Crippen LogP) is 0.998. The van der Waals surface area contributed by atoms with Crippen LogP contribution in [0.5, 0.6) is 0 Å². The average Bonchev–Trinajstić information content (AvgIpc) is 2.02. The van der Waals surface area contributed by atoms with Gasteiger partial charge in [0.2, 0.25) is 9.05 Å². The molecule has 0 aromatic heterocycles. The first-order valence-electron chi connectivity index (χ1n) is 4.46. The maximum absolute atomic E-state index is 11.0. The summed E-state index contributed by atoms with van der Waals surface area (Å²) in [5.41, 5.74) is -0.354. The molecular weight excluding hydrogens is 228 g/mol. The molecule has 0 aromatic rings. The van der Waals surface area contributed by atoms with Crippen LogP contribution in [0.15, 0.2) is 0 Å². The highest BCUT2D eigenvalue weighted by molar-refractivity contribution is 8.13. The van der Waals surface area contributed by atoms with Gasteiger partial charge in [0, 0.05) is 36.4 Å². The Kier molecular flexibility index (Phi) is 4.18. The monoisotopic (exact) mass is 242 g/mol. The number of hydrogen-bond acceptors (Lipinski definition) is 4. The number of rotatable bonds is 4. The summed E-state index contributed by atoms with van der Waals surface area (Å²) in [5, 5.41) is 0. The lowest BCUT2D eigenvalue weighted by Crippen LogP contribution is -2.38. The fraction of sp³-hybridized carbons (Fsp3) is 1.00. The van der Waals surface area contributed by atoms with Crippen LogP contribution in [0.2, 0.25) is 0 Å². The van der Waals surface area contributed by atoms with Crippen molar-refractivity contribution in [1.82, 2.24) is 0 Å². The molecule has 0 aromatic carbocycles. The highest BCUT2D eigenvalue weighted by atomic mass is 35.7. The lowest BCUT2D eigenvalue weighted by Gasteiger charge is -2.35. The second-order valence-corrected chi connectivity index (χ2v) is 6.51. The van der Waals surface area contributed by atoms with E-state index in [4.69, 9.17) is 20.2 Å². The second-order valence-electron chi connectivity index (χ2n) is 3.73. The Hall–Kier alpha value is 0.160. The zero-order valence-electron chi connectivity index (χ0n) is 8.16. The molecule has 1 rings (SSSR count). The third kappa shape index (κ3) is 3.73. The van der Waals surface area contributed by atoms with Gasteiger partial charge in [0.15, 0.2) is 0 Å². The molecule has 1 saturated heterocycles. The lowest BCUT2D eigenvalue weighted by atomic mass is 9.83. The van der Waals surface area contributed by atoms with Crippen molar-refractivity contribution in [2.75, 3.05) is 32.7 Å². The molecular formula is C8H15ClO4S. The van der Waals surface area contributed by atoms with Gasteiger partial charge in [-0.2, -0.15) is 0 Å². The van der Waals surface area contributed by atoms with Gasteiger partial charge in [-0.3, -0.25) is 0 Å². The van der Waals surface area contributed by atoms with Gasteiger partial charge in [0.05, 0.1) is 12.4 Å². The van der Waals surface area contributed by atoms with E-state index in [2.05, 4.69) is 0 Å². The Morgan fingerprint density at radius 3 is 2.43 bits per heavy atom. The Balaban J connectivity index is 2.70. The van der Waals surface area contributed by atoms with E-state index >= 15 is 0 Å². The molecule has 4 nitrogen and oxygen atoms in total. The van der Waals surface area contributed by atoms with Crippen LogP contribution in [0, 0.1) is 5.41 Å². The molecule has 0 unspecified atom stereocenters. The molecule has 14 heavy (non-hydrogen) atoms. The predicted molar refractivity (Wildman–Crippen MR) is 54.0 cm³/mol. The van der Waals surface area contributed by atoms with E-state index < -0.39 is 9.05 Å². The molecule has 0 atom stereocenters. The molecule has 0 bridgehead atoms. The van der Waals surface area contributed by atoms with Gasteiger partial charge in [-0.05, 0) is 12.8 Å². The number of halogens is 1. The van der Waals surface area contributed by atoms with Crippen LogP contribution in [0.1, 0.15) is 12.8 Å². The summed E-state index contributed by atoms with van der Waals surface area (Å²) < 4.78 is 32.3. The van der Waals surface area contributed by atoms with Crippen molar-refractivity contribution in [3.05, 3.63) is 0 Å². The zero-order valence-corrected chi connectivity index (χ0v) is 9.73. The Morgan fingerprint density at radius 1 is 1.43 bits per heavy atom. The molecule has 1 aliphatic rings. The van der Waals surface area contributed by atoms with Gasteiger partial charge < -0.3 is 9.47 Å². The second kappa shape index (κ2) is 4.79. The highest BCUT2D eigenvalue weighted by Gasteiger charge is 2.36. The van der Waals surface area contributed by atoms with E-state index in [1.165, 1.54) is 0 Å². The summed E-state index contributed by atoms with van der Waals surface area (Å²) in [4.78, 5) is 0. The van der Waals surface area contributed by atoms with Gasteiger partial charge in [-0.25, -0.2) is 8.42 Å². The molecule has 1 heterocycles. The van der Waals surface area contributed by atoms with Crippen LogP contribution >= 0.6 is 10.7 Å². The van der Waals surface area contributed by atoms with E-state index in [-0.39, 0.29) is 11.2 Å². The van der Waals surface area contributed by atoms with Crippen LogP contribution in [-0.4, -0.2) is 41.1 Å². The largest absolute Gasteiger partial charge is 0.384 e. The first kappa shape index (κ1) is 12.2. The zero-order chi connectivity index (χ0) is 10.7. The van der Waals surface area contributed by atoms with Crippen LogP contribution in [0.4, 0.5) is 0 Å². The molecule has 1 aliphatic heterocycles. The maximum atomic E-state index is 11.0. The van der Waals surface area contributed by atoms with Crippen molar-refractivity contribution in [2.45, 2.75) is 12.8 Å². The Labute approximate surface area is 88.9 Å². The van der Waals surface area contributed by atoms with Gasteiger partial charge in [-0.1, -0.05) is 0 Å². The SMILES string of the molecule is COCC1(CS(=O)(=O)Cl)CCOCC1. The maximum Gasteiger partial charge on any atom is 0.233 e. The third-order valence-electron chi connectivity index (χ3n) is 2.48. The van der Waals surface area contributed by atoms with Crippen LogP contribution in [0.3, 0.4) is 0 Å². The van der Waals surface area contributed by atoms with Crippen molar-refractivity contribution in [1.29, 1.82) is 0 Å². The van der Waals surface area contributed by atoms with E-state index in [1.54, 1.807) is 7.11 Å². The van der Waals surface area contributed by atoms with Crippen molar-refractivity contribution in [2.24, 2.45) is 5.41 Å². The first-order chi connectivity index (χ1) is 6.47. The molecule has 0 aliphatic carbocycles. The topological polar surface area (TPSA) is 52.6 Å². The Morgan fingerprint density at radius 2 is 2.00 bits per heavy atom. The fourth-order valence-corrected chi connectivity index (χ4v) is 3.60. The molecule has 1 fully saturated rings. The minimum absolute atomic E-state index is 0.0290. The fourth-order valence-electron chi connectivity index (χ4n) is 1.81. The Bertz CT molecular complexity index is 264. The standard InChI is InChI=1S/C8H15ClO4S/c1-12-6-8(7-14(9,10)11)2-4-13-5-3-8/h2-7H2,1H3. The van der Waals surface area contributed by atoms with E-state index in [0.717, 1.165) is 0 Å². The summed E-state index contributed by atoms with van der Waals surface area (Å²) in [5.74, 6) is -0.0290. The van der Waals surface area contributed by atoms with E-state index in [0.29, 0.717) is 32.7 Å². The van der Waals surface area contributed by atoms with Crippen LogP contribution in [-0.2, 0) is 18.5 Å². The molecule has 0 spiro atoms. The normalized spacial score (nSPS) is 22.1. The van der Waals surface area contributed by atoms with E-state index in [9.17, 15) is 8.42 Å². The molecule has 0 saturated carbocycles. The summed E-state index contributed by atoms with van der Waals surface area (Å²) in [6.45, 7) is 1.58. The minimum Gasteiger partial charge on any atom is -0.384 e. The smallest absolute Gasteiger partial charge is 0.233 e. The highest BCUT2D eigenvalue weighted by Crippen LogP contribution is 2.33. The molecule has 0 radical (unpaired) electrons. The minimum atomic E-state index is -3.47. The summed E-state index contributed by atoms with van der Waals surface area (Å²) >= 11 is 0. The van der Waals surface area contributed by atoms with Gasteiger partial charge in [-0.15, -0.1) is 0 Å². The van der Waals surface area contributed by atoms with Gasteiger partial charge in [0.1, 0.15) is 0 Å². The average molecular weight is 243 g/mol.